The van der Waals surface area contributed by atoms with Crippen LogP contribution in [-0.2, 0) is 4.79 Å². The smallest absolute Gasteiger partial charge is 0.246 e. The van der Waals surface area contributed by atoms with Gasteiger partial charge in [0.2, 0.25) is 5.91 Å². The molecule has 29 heavy (non-hydrogen) atoms. The predicted octanol–water partition coefficient (Wildman–Crippen LogP) is 3.85. The average Bonchev–Trinajstić information content (AvgIpc) is 2.72. The van der Waals surface area contributed by atoms with E-state index in [9.17, 15) is 13.6 Å². The Hall–Kier alpha value is -2.67. The molecule has 0 saturated carbocycles. The lowest BCUT2D eigenvalue weighted by molar-refractivity contribution is -0.116. The molecule has 1 aliphatic rings. The third-order valence-electron chi connectivity index (χ3n) is 5.37. The van der Waals surface area contributed by atoms with E-state index in [0.29, 0.717) is 0 Å². The molecule has 1 fully saturated rings. The molecule has 0 unspecified atom stereocenters. The first kappa shape index (κ1) is 21.0. The second kappa shape index (κ2) is 9.22. The third-order valence-corrected chi connectivity index (χ3v) is 5.37. The normalized spacial score (nSPS) is 15.8. The number of nitrogens with one attached hydrogen (secondary N) is 2. The van der Waals surface area contributed by atoms with Gasteiger partial charge in [-0.05, 0) is 56.3 Å². The van der Waals surface area contributed by atoms with E-state index in [1.54, 1.807) is 6.92 Å². The average molecular weight is 402 g/mol. The minimum absolute atomic E-state index is 0.426. The number of piperazine rings is 1. The summed E-state index contributed by atoms with van der Waals surface area (Å²) in [5, 5.41) is 5.46. The molecule has 2 N–H and O–H groups in total. The summed E-state index contributed by atoms with van der Waals surface area (Å²) in [6.45, 7) is 11.0. The zero-order valence-electron chi connectivity index (χ0n) is 17.1. The number of para-hydroxylation sites is 1. The maximum atomic E-state index is 13.8. The highest BCUT2D eigenvalue weighted by Crippen LogP contribution is 2.25. The van der Waals surface area contributed by atoms with Crippen molar-refractivity contribution >= 4 is 23.0 Å². The van der Waals surface area contributed by atoms with Crippen LogP contribution in [0.5, 0.6) is 0 Å². The molecule has 1 heterocycles. The lowest BCUT2D eigenvalue weighted by Gasteiger charge is -2.35. The van der Waals surface area contributed by atoms with Gasteiger partial charge >= 0.3 is 0 Å². The molecule has 0 radical (unpaired) electrons. The van der Waals surface area contributed by atoms with Crippen LogP contribution in [0.2, 0.25) is 0 Å². The van der Waals surface area contributed by atoms with Crippen LogP contribution in [-0.4, -0.2) is 49.6 Å². The lowest BCUT2D eigenvalue weighted by atomic mass is 10.1. The van der Waals surface area contributed by atoms with E-state index in [1.165, 1.54) is 6.07 Å². The predicted molar refractivity (Wildman–Crippen MR) is 114 cm³/mol. The van der Waals surface area contributed by atoms with Gasteiger partial charge in [-0.3, -0.25) is 4.79 Å². The minimum atomic E-state index is -0.797. The number of anilines is 3. The maximum absolute atomic E-state index is 13.8. The zero-order chi connectivity index (χ0) is 21.0. The SMILES string of the molecule is CCN1CCN(c2ccc(N[C@H](C)C(=O)Nc3c(F)cccc3F)c(C)c2)CC1. The first-order chi connectivity index (χ1) is 13.9. The van der Waals surface area contributed by atoms with Crippen LogP contribution in [0.25, 0.3) is 0 Å². The Morgan fingerprint density at radius 2 is 1.76 bits per heavy atom. The Bertz CT molecular complexity index is 846. The number of benzene rings is 2. The van der Waals surface area contributed by atoms with Gasteiger partial charge in [-0.1, -0.05) is 13.0 Å². The number of likely N-dealkylation sites (N-methyl/N-ethyl adjacent to an activating group) is 1. The number of rotatable bonds is 6. The van der Waals surface area contributed by atoms with E-state index in [-0.39, 0.29) is 0 Å². The Morgan fingerprint density at radius 3 is 2.34 bits per heavy atom. The Labute approximate surface area is 170 Å². The van der Waals surface area contributed by atoms with Crippen molar-refractivity contribution in [3.05, 3.63) is 53.6 Å². The number of aryl methyl sites for hydroxylation is 1. The molecule has 2 aromatic carbocycles. The molecule has 2 aromatic rings. The number of hydrogen-bond donors (Lipinski definition) is 2. The highest BCUT2D eigenvalue weighted by atomic mass is 19.1. The van der Waals surface area contributed by atoms with Crippen LogP contribution in [0.4, 0.5) is 25.8 Å². The fourth-order valence-corrected chi connectivity index (χ4v) is 3.48. The van der Waals surface area contributed by atoms with Gasteiger partial charge in [-0.15, -0.1) is 0 Å². The zero-order valence-corrected chi connectivity index (χ0v) is 17.1. The molecule has 7 heteroatoms. The molecule has 0 bridgehead atoms. The van der Waals surface area contributed by atoms with Crippen LogP contribution in [0.15, 0.2) is 36.4 Å². The van der Waals surface area contributed by atoms with Gasteiger partial charge in [0.15, 0.2) is 0 Å². The molecule has 1 atom stereocenters. The van der Waals surface area contributed by atoms with Crippen LogP contribution in [0, 0.1) is 18.6 Å². The summed E-state index contributed by atoms with van der Waals surface area (Å²) in [6.07, 6.45) is 0. The van der Waals surface area contributed by atoms with Gasteiger partial charge in [-0.25, -0.2) is 8.78 Å². The van der Waals surface area contributed by atoms with Crippen molar-refractivity contribution in [1.29, 1.82) is 0 Å². The van der Waals surface area contributed by atoms with Crippen molar-refractivity contribution < 1.29 is 13.6 Å². The molecule has 0 spiro atoms. The Balaban J connectivity index is 1.63. The molecule has 1 saturated heterocycles. The number of hydrogen-bond acceptors (Lipinski definition) is 4. The molecule has 0 aliphatic carbocycles. The third kappa shape index (κ3) is 5.03. The van der Waals surface area contributed by atoms with E-state index in [2.05, 4.69) is 33.4 Å². The molecule has 1 amide bonds. The summed E-state index contributed by atoms with van der Waals surface area (Å²) in [5.74, 6) is -2.10. The summed E-state index contributed by atoms with van der Waals surface area (Å²) in [4.78, 5) is 17.2. The first-order valence-corrected chi connectivity index (χ1v) is 9.98. The number of carbonyl (C=O) groups excluding carboxylic acids is 1. The number of amides is 1. The monoisotopic (exact) mass is 402 g/mol. The second-order valence-electron chi connectivity index (χ2n) is 7.37. The molecule has 0 aromatic heterocycles. The van der Waals surface area contributed by atoms with Crippen molar-refractivity contribution in [2.75, 3.05) is 48.3 Å². The van der Waals surface area contributed by atoms with Crippen LogP contribution in [0.3, 0.4) is 0 Å². The summed E-state index contributed by atoms with van der Waals surface area (Å²) in [7, 11) is 0. The standard InChI is InChI=1S/C22H28F2N4O/c1-4-27-10-12-28(13-11-27)17-8-9-20(15(2)14-17)25-16(3)22(29)26-21-18(23)6-5-7-19(21)24/h5-9,14,16,25H,4,10-13H2,1-3H3,(H,26,29)/t16-/m1/s1. The van der Waals surface area contributed by atoms with Gasteiger partial charge in [-0.2, -0.15) is 0 Å². The number of nitrogens with zero attached hydrogens (tertiary/aromatic N) is 2. The molecular weight excluding hydrogens is 374 g/mol. The van der Waals surface area contributed by atoms with Crippen LogP contribution in [0.1, 0.15) is 19.4 Å². The lowest BCUT2D eigenvalue weighted by Crippen LogP contribution is -2.46. The molecule has 5 nitrogen and oxygen atoms in total. The summed E-state index contributed by atoms with van der Waals surface area (Å²) in [6, 6.07) is 8.91. The van der Waals surface area contributed by atoms with E-state index < -0.39 is 29.3 Å². The van der Waals surface area contributed by atoms with Crippen LogP contribution >= 0.6 is 0 Å². The topological polar surface area (TPSA) is 47.6 Å². The summed E-state index contributed by atoms with van der Waals surface area (Å²) in [5.41, 5.74) is 2.56. The van der Waals surface area contributed by atoms with Crippen molar-refractivity contribution in [3.8, 4) is 0 Å². The van der Waals surface area contributed by atoms with Crippen molar-refractivity contribution in [2.45, 2.75) is 26.8 Å². The molecule has 1 aliphatic heterocycles. The molecule has 156 valence electrons. The Morgan fingerprint density at radius 1 is 1.10 bits per heavy atom. The van der Waals surface area contributed by atoms with Crippen molar-refractivity contribution in [2.24, 2.45) is 0 Å². The van der Waals surface area contributed by atoms with Gasteiger partial charge in [0.1, 0.15) is 23.4 Å². The fourth-order valence-electron chi connectivity index (χ4n) is 3.48. The van der Waals surface area contributed by atoms with Crippen molar-refractivity contribution in [1.82, 2.24) is 4.90 Å². The van der Waals surface area contributed by atoms with Crippen LogP contribution < -0.4 is 15.5 Å². The quantitative estimate of drug-likeness (QED) is 0.771. The van der Waals surface area contributed by atoms with E-state index >= 15 is 0 Å². The number of halogens is 2. The van der Waals surface area contributed by atoms with Gasteiger partial charge in [0, 0.05) is 37.6 Å². The maximum Gasteiger partial charge on any atom is 0.246 e. The highest BCUT2D eigenvalue weighted by molar-refractivity contribution is 5.96. The van der Waals surface area contributed by atoms with Gasteiger partial charge in [0.25, 0.3) is 0 Å². The summed E-state index contributed by atoms with van der Waals surface area (Å²) < 4.78 is 27.5. The Kier molecular flexibility index (Phi) is 6.69. The second-order valence-corrected chi connectivity index (χ2v) is 7.37. The summed E-state index contributed by atoms with van der Waals surface area (Å²) >= 11 is 0. The largest absolute Gasteiger partial charge is 0.374 e. The van der Waals surface area contributed by atoms with E-state index in [1.807, 2.05) is 19.1 Å². The van der Waals surface area contributed by atoms with Crippen molar-refractivity contribution in [3.63, 3.8) is 0 Å². The first-order valence-electron chi connectivity index (χ1n) is 9.98. The number of carbonyl (C=O) groups is 1. The van der Waals surface area contributed by atoms with Gasteiger partial charge < -0.3 is 20.4 Å². The molecular formula is C22H28F2N4O. The minimum Gasteiger partial charge on any atom is -0.374 e. The van der Waals surface area contributed by atoms with Gasteiger partial charge in [0.05, 0.1) is 0 Å². The van der Waals surface area contributed by atoms with E-state index in [4.69, 9.17) is 0 Å². The fraction of sp³-hybridized carbons (Fsp3) is 0.409. The van der Waals surface area contributed by atoms with E-state index in [0.717, 1.165) is 61.8 Å². The molecule has 3 rings (SSSR count). The highest BCUT2D eigenvalue weighted by Gasteiger charge is 2.19.